The summed E-state index contributed by atoms with van der Waals surface area (Å²) in [5.41, 5.74) is 1.12. The first kappa shape index (κ1) is 19.4. The number of hydrogen-bond donors (Lipinski definition) is 3. The van der Waals surface area contributed by atoms with Gasteiger partial charge in [-0.25, -0.2) is 23.5 Å². The minimum atomic E-state index is -3.77. The van der Waals surface area contributed by atoms with Gasteiger partial charge in [0.1, 0.15) is 15.8 Å². The molecule has 162 valence electrons. The van der Waals surface area contributed by atoms with Crippen molar-refractivity contribution in [3.63, 3.8) is 0 Å². The van der Waals surface area contributed by atoms with Crippen LogP contribution >= 0.6 is 11.3 Å². The molecule has 2 fully saturated rings. The Hall–Kier alpha value is -2.54. The summed E-state index contributed by atoms with van der Waals surface area (Å²) >= 11 is 1.05. The van der Waals surface area contributed by atoms with Crippen molar-refractivity contribution in [2.45, 2.75) is 23.0 Å². The van der Waals surface area contributed by atoms with Crippen LogP contribution in [0.25, 0.3) is 10.7 Å². The number of anilines is 3. The summed E-state index contributed by atoms with van der Waals surface area (Å²) in [6.07, 6.45) is 2.37. The van der Waals surface area contributed by atoms with Crippen LogP contribution in [0.5, 0.6) is 0 Å². The summed E-state index contributed by atoms with van der Waals surface area (Å²) < 4.78 is 28.8. The van der Waals surface area contributed by atoms with Gasteiger partial charge in [0.25, 0.3) is 0 Å². The van der Waals surface area contributed by atoms with E-state index in [1.165, 1.54) is 18.9 Å². The normalized spacial score (nSPS) is 17.3. The van der Waals surface area contributed by atoms with Crippen molar-refractivity contribution >= 4 is 38.8 Å². The number of nitrogens with one attached hydrogen (secondary N) is 2. The quantitative estimate of drug-likeness (QED) is 0.519. The molecule has 10 nitrogen and oxygen atoms in total. The summed E-state index contributed by atoms with van der Waals surface area (Å²) in [5, 5.41) is 15.9. The molecular formula is C18H25N7O3S2. The molecule has 0 radical (unpaired) electrons. The molecule has 0 bridgehead atoms. The Morgan fingerprint density at radius 2 is 2.00 bits per heavy atom. The van der Waals surface area contributed by atoms with E-state index in [2.05, 4.69) is 30.4 Å². The topological polar surface area (TPSA) is 139 Å². The summed E-state index contributed by atoms with van der Waals surface area (Å²) in [4.78, 5) is 12.0. The summed E-state index contributed by atoms with van der Waals surface area (Å²) in [7, 11) is -3.77. The van der Waals surface area contributed by atoms with Crippen LogP contribution in [0.1, 0.15) is 27.3 Å². The maximum absolute atomic E-state index is 11.7. The molecule has 0 amide bonds. The molecule has 12 heteroatoms. The number of nitrogens with zero attached hydrogens (tertiary/aromatic N) is 4. The fourth-order valence-electron chi connectivity index (χ4n) is 3.29. The number of H-pyrrole nitrogens is 1. The van der Waals surface area contributed by atoms with Gasteiger partial charge in [0.15, 0.2) is 11.6 Å². The van der Waals surface area contributed by atoms with E-state index in [-0.39, 0.29) is 7.06 Å². The number of rotatable bonds is 6. The second kappa shape index (κ2) is 7.61. The SMILES string of the molecule is NS(=O)(=O)c1ccc(-c2nc(Nc3cc(C4CC4)[nH]n3)cc(N3CCOCC3)n2)s1.[HH].[HH]. The second-order valence-corrected chi connectivity index (χ2v) is 10.2. The lowest BCUT2D eigenvalue weighted by Crippen LogP contribution is -2.36. The number of hydrogen-bond acceptors (Lipinski definition) is 9. The first-order valence-corrected chi connectivity index (χ1v) is 12.0. The van der Waals surface area contributed by atoms with Crippen LogP contribution < -0.4 is 15.4 Å². The molecule has 4 heterocycles. The molecule has 0 unspecified atom stereocenters. The Bertz CT molecular complexity index is 1170. The highest BCUT2D eigenvalue weighted by Crippen LogP contribution is 2.39. The zero-order chi connectivity index (χ0) is 20.7. The van der Waals surface area contributed by atoms with E-state index in [4.69, 9.17) is 9.88 Å². The van der Waals surface area contributed by atoms with E-state index in [1.807, 2.05) is 12.1 Å². The molecule has 0 aromatic carbocycles. The fourth-order valence-corrected chi connectivity index (χ4v) is 4.95. The lowest BCUT2D eigenvalue weighted by atomic mass is 10.3. The van der Waals surface area contributed by atoms with E-state index < -0.39 is 10.0 Å². The van der Waals surface area contributed by atoms with Crippen molar-refractivity contribution in [2.75, 3.05) is 36.5 Å². The lowest BCUT2D eigenvalue weighted by molar-refractivity contribution is 0.122. The van der Waals surface area contributed by atoms with Crippen molar-refractivity contribution in [3.05, 3.63) is 30.0 Å². The molecule has 4 N–H and O–H groups in total. The first-order chi connectivity index (χ1) is 14.5. The van der Waals surface area contributed by atoms with Gasteiger partial charge < -0.3 is 15.0 Å². The molecule has 30 heavy (non-hydrogen) atoms. The van der Waals surface area contributed by atoms with Crippen molar-refractivity contribution < 1.29 is 16.0 Å². The highest BCUT2D eigenvalue weighted by molar-refractivity contribution is 7.91. The summed E-state index contributed by atoms with van der Waals surface area (Å²) in [5.74, 6) is 3.01. The monoisotopic (exact) mass is 451 g/mol. The van der Waals surface area contributed by atoms with Crippen LogP contribution in [-0.4, -0.2) is 54.9 Å². The molecule has 2 aliphatic rings. The van der Waals surface area contributed by atoms with Crippen LogP contribution in [-0.2, 0) is 14.8 Å². The van der Waals surface area contributed by atoms with Gasteiger partial charge >= 0.3 is 0 Å². The lowest BCUT2D eigenvalue weighted by Gasteiger charge is -2.28. The van der Waals surface area contributed by atoms with Crippen molar-refractivity contribution in [2.24, 2.45) is 5.14 Å². The third-order valence-corrected chi connectivity index (χ3v) is 7.52. The average molecular weight is 452 g/mol. The van der Waals surface area contributed by atoms with E-state index >= 15 is 0 Å². The number of thiophene rings is 1. The zero-order valence-electron chi connectivity index (χ0n) is 16.0. The molecule has 1 saturated carbocycles. The number of nitrogens with two attached hydrogens (primary N) is 1. The Morgan fingerprint density at radius 1 is 1.20 bits per heavy atom. The van der Waals surface area contributed by atoms with Crippen molar-refractivity contribution in [1.82, 2.24) is 20.2 Å². The minimum absolute atomic E-state index is 0. The third kappa shape index (κ3) is 4.17. The first-order valence-electron chi connectivity index (χ1n) is 9.63. The van der Waals surface area contributed by atoms with Crippen LogP contribution in [0.2, 0.25) is 0 Å². The van der Waals surface area contributed by atoms with Crippen LogP contribution in [0.15, 0.2) is 28.5 Å². The van der Waals surface area contributed by atoms with Gasteiger partial charge in [-0.05, 0) is 25.0 Å². The van der Waals surface area contributed by atoms with E-state index in [0.29, 0.717) is 41.5 Å². The molecular weight excluding hydrogens is 426 g/mol. The molecule has 3 aromatic rings. The molecule has 0 atom stereocenters. The van der Waals surface area contributed by atoms with Gasteiger partial charge in [-0.15, -0.1) is 11.3 Å². The third-order valence-electron chi connectivity index (χ3n) is 5.00. The Labute approximate surface area is 180 Å². The summed E-state index contributed by atoms with van der Waals surface area (Å²) in [6, 6.07) is 7.02. The van der Waals surface area contributed by atoms with Crippen LogP contribution in [0.3, 0.4) is 0 Å². The van der Waals surface area contributed by atoms with Crippen LogP contribution in [0.4, 0.5) is 17.5 Å². The average Bonchev–Trinajstić information content (AvgIpc) is 3.25. The van der Waals surface area contributed by atoms with E-state index in [9.17, 15) is 8.42 Å². The van der Waals surface area contributed by atoms with Gasteiger partial charge in [0.2, 0.25) is 10.0 Å². The van der Waals surface area contributed by atoms with Gasteiger partial charge in [-0.1, -0.05) is 0 Å². The maximum Gasteiger partial charge on any atom is 0.247 e. The highest BCUT2D eigenvalue weighted by Gasteiger charge is 2.26. The Balaban J connectivity index is 0.00000144. The largest absolute Gasteiger partial charge is 0.378 e. The second-order valence-electron chi connectivity index (χ2n) is 7.31. The fraction of sp³-hybridized carbons (Fsp3) is 0.389. The number of morpholine rings is 1. The molecule has 1 aliphatic heterocycles. The Kier molecular flexibility index (Phi) is 4.93. The number of ether oxygens (including phenoxy) is 1. The van der Waals surface area contributed by atoms with Crippen molar-refractivity contribution in [3.8, 4) is 10.7 Å². The number of aromatic nitrogens is 4. The summed E-state index contributed by atoms with van der Waals surface area (Å²) in [6.45, 7) is 2.69. The molecule has 0 spiro atoms. The van der Waals surface area contributed by atoms with Gasteiger partial charge in [0.05, 0.1) is 18.1 Å². The predicted molar refractivity (Wildman–Crippen MR) is 118 cm³/mol. The molecule has 3 aromatic heterocycles. The van der Waals surface area contributed by atoms with Gasteiger partial charge in [-0.2, -0.15) is 5.10 Å². The van der Waals surface area contributed by atoms with Gasteiger partial charge in [-0.3, -0.25) is 5.10 Å². The number of aromatic amines is 1. The maximum atomic E-state index is 11.7. The zero-order valence-corrected chi connectivity index (χ0v) is 17.7. The predicted octanol–water partition coefficient (Wildman–Crippen LogP) is 2.53. The molecule has 5 rings (SSSR count). The minimum Gasteiger partial charge on any atom is -0.378 e. The van der Waals surface area contributed by atoms with Crippen molar-refractivity contribution in [1.29, 1.82) is 0 Å². The number of primary sulfonamides is 1. The standard InChI is InChI=1S/C18H21N7O3S2.2H2/c19-30(26,27)17-4-3-13(29-17)18-21-14(10-16(22-18)25-5-7-28-8-6-25)20-15-9-12(23-24-15)11-1-2-11;;/h3-4,9-11H,1-2,5-8H2,(H2,19,26,27)(H2,20,21,22,23,24);2*1H. The smallest absolute Gasteiger partial charge is 0.247 e. The highest BCUT2D eigenvalue weighted by atomic mass is 32.2. The number of sulfonamides is 1. The molecule has 1 saturated heterocycles. The molecule has 1 aliphatic carbocycles. The van der Waals surface area contributed by atoms with Crippen LogP contribution in [0, 0.1) is 0 Å². The van der Waals surface area contributed by atoms with Gasteiger partial charge in [0, 0.05) is 39.7 Å². The Morgan fingerprint density at radius 3 is 2.70 bits per heavy atom. The van der Waals surface area contributed by atoms with E-state index in [1.54, 1.807) is 6.07 Å². The van der Waals surface area contributed by atoms with E-state index in [0.717, 1.165) is 35.9 Å².